The zero-order valence-corrected chi connectivity index (χ0v) is 16.0. The van der Waals surface area contributed by atoms with Crippen molar-refractivity contribution in [2.24, 2.45) is 0 Å². The number of carbonyl (C=O) groups excluding carboxylic acids is 1. The first-order chi connectivity index (χ1) is 12.4. The van der Waals surface area contributed by atoms with Gasteiger partial charge in [-0.3, -0.25) is 19.9 Å². The predicted octanol–water partition coefficient (Wildman–Crippen LogP) is 2.28. The number of amides is 1. The van der Waals surface area contributed by atoms with Crippen LogP contribution in [-0.2, 0) is 16.6 Å². The Hall–Kier alpha value is -2.28. The number of aromatic nitrogens is 4. The highest BCUT2D eigenvalue weighted by Gasteiger charge is 2.30. The van der Waals surface area contributed by atoms with E-state index in [2.05, 4.69) is 40.9 Å². The van der Waals surface area contributed by atoms with E-state index in [1.807, 2.05) is 17.9 Å². The number of H-pyrrole nitrogens is 1. The molecule has 0 saturated carbocycles. The first kappa shape index (κ1) is 18.5. The van der Waals surface area contributed by atoms with Crippen molar-refractivity contribution in [2.75, 3.05) is 19.8 Å². The summed E-state index contributed by atoms with van der Waals surface area (Å²) >= 11 is 0. The second-order valence-corrected chi connectivity index (χ2v) is 7.77. The van der Waals surface area contributed by atoms with Crippen LogP contribution in [0.15, 0.2) is 18.5 Å². The molecular formula is C19H27N5O2. The Bertz CT molecular complexity index is 765. The summed E-state index contributed by atoms with van der Waals surface area (Å²) in [5.74, 6) is -0.0408. The number of nitrogens with one attached hydrogen (secondary N) is 1. The van der Waals surface area contributed by atoms with Crippen LogP contribution in [0.2, 0.25) is 0 Å². The number of nitrogens with zero attached hydrogens (tertiary/aromatic N) is 4. The minimum atomic E-state index is -0.0700. The largest absolute Gasteiger partial charge is 0.377 e. The monoisotopic (exact) mass is 357 g/mol. The number of ether oxygens (including phenoxy) is 1. The first-order valence-corrected chi connectivity index (χ1v) is 9.07. The summed E-state index contributed by atoms with van der Waals surface area (Å²) in [6.45, 7) is 9.92. The van der Waals surface area contributed by atoms with Crippen molar-refractivity contribution >= 4 is 5.91 Å². The van der Waals surface area contributed by atoms with Crippen LogP contribution in [0.3, 0.4) is 0 Å². The van der Waals surface area contributed by atoms with E-state index < -0.39 is 0 Å². The molecule has 1 fully saturated rings. The van der Waals surface area contributed by atoms with Crippen LogP contribution in [0.5, 0.6) is 0 Å². The molecule has 0 radical (unpaired) electrons. The van der Waals surface area contributed by atoms with Crippen LogP contribution < -0.4 is 0 Å². The Kier molecular flexibility index (Phi) is 5.36. The molecule has 26 heavy (non-hydrogen) atoms. The molecule has 0 spiro atoms. The van der Waals surface area contributed by atoms with Crippen molar-refractivity contribution in [3.05, 3.63) is 41.2 Å². The quantitative estimate of drug-likeness (QED) is 0.907. The summed E-state index contributed by atoms with van der Waals surface area (Å²) in [5, 5.41) is 7.24. The Morgan fingerprint density at radius 1 is 1.35 bits per heavy atom. The van der Waals surface area contributed by atoms with Crippen LogP contribution >= 0.6 is 0 Å². The zero-order valence-electron chi connectivity index (χ0n) is 16.0. The van der Waals surface area contributed by atoms with Crippen LogP contribution in [0.25, 0.3) is 0 Å². The number of morpholine rings is 1. The zero-order chi connectivity index (χ0) is 18.7. The summed E-state index contributed by atoms with van der Waals surface area (Å²) in [5.41, 5.74) is 3.27. The Morgan fingerprint density at radius 2 is 2.12 bits per heavy atom. The Balaban J connectivity index is 1.71. The van der Waals surface area contributed by atoms with E-state index in [1.165, 1.54) is 0 Å². The lowest BCUT2D eigenvalue weighted by Gasteiger charge is -2.35. The van der Waals surface area contributed by atoms with Gasteiger partial charge in [-0.25, -0.2) is 0 Å². The van der Waals surface area contributed by atoms with E-state index in [4.69, 9.17) is 4.74 Å². The lowest BCUT2D eigenvalue weighted by atomic mass is 9.92. The molecule has 1 saturated heterocycles. The molecule has 0 aromatic carbocycles. The van der Waals surface area contributed by atoms with Gasteiger partial charge in [0.1, 0.15) is 5.69 Å². The summed E-state index contributed by atoms with van der Waals surface area (Å²) in [6, 6.07) is 1.88. The minimum absolute atomic E-state index is 0.0208. The number of carbonyl (C=O) groups is 1. The second kappa shape index (κ2) is 7.53. The van der Waals surface area contributed by atoms with Crippen molar-refractivity contribution in [3.8, 4) is 0 Å². The second-order valence-electron chi connectivity index (χ2n) is 7.77. The van der Waals surface area contributed by atoms with Crippen molar-refractivity contribution in [1.82, 2.24) is 25.1 Å². The van der Waals surface area contributed by atoms with Gasteiger partial charge < -0.3 is 9.64 Å². The van der Waals surface area contributed by atoms with Gasteiger partial charge in [0.25, 0.3) is 5.91 Å². The molecule has 140 valence electrons. The van der Waals surface area contributed by atoms with Crippen molar-refractivity contribution < 1.29 is 9.53 Å². The van der Waals surface area contributed by atoms with Gasteiger partial charge in [-0.2, -0.15) is 5.10 Å². The highest BCUT2D eigenvalue weighted by atomic mass is 16.5. The van der Waals surface area contributed by atoms with Gasteiger partial charge in [0.05, 0.1) is 30.6 Å². The van der Waals surface area contributed by atoms with Crippen LogP contribution in [-0.4, -0.2) is 56.8 Å². The van der Waals surface area contributed by atoms with Gasteiger partial charge >= 0.3 is 0 Å². The van der Waals surface area contributed by atoms with Crippen molar-refractivity contribution in [1.29, 1.82) is 0 Å². The number of rotatable bonds is 4. The maximum atomic E-state index is 13.0. The molecule has 1 aliphatic heterocycles. The van der Waals surface area contributed by atoms with Gasteiger partial charge in [-0.05, 0) is 25.8 Å². The normalized spacial score (nSPS) is 18.2. The fourth-order valence-corrected chi connectivity index (χ4v) is 3.11. The third kappa shape index (κ3) is 4.09. The summed E-state index contributed by atoms with van der Waals surface area (Å²) in [7, 11) is 0. The molecule has 2 aromatic heterocycles. The fourth-order valence-electron chi connectivity index (χ4n) is 3.11. The molecule has 7 nitrogen and oxygen atoms in total. The smallest absolute Gasteiger partial charge is 0.274 e. The van der Waals surface area contributed by atoms with Gasteiger partial charge in [0.15, 0.2) is 0 Å². The van der Waals surface area contributed by atoms with E-state index in [0.717, 1.165) is 29.9 Å². The van der Waals surface area contributed by atoms with E-state index in [1.54, 1.807) is 12.4 Å². The van der Waals surface area contributed by atoms with E-state index in [-0.39, 0.29) is 17.4 Å². The number of aromatic amines is 1. The molecule has 2 aromatic rings. The maximum Gasteiger partial charge on any atom is 0.274 e. The van der Waals surface area contributed by atoms with Crippen LogP contribution in [0.1, 0.15) is 54.8 Å². The molecule has 3 heterocycles. The summed E-state index contributed by atoms with van der Waals surface area (Å²) in [4.78, 5) is 23.6. The minimum Gasteiger partial charge on any atom is -0.377 e. The van der Waals surface area contributed by atoms with Crippen molar-refractivity contribution in [2.45, 2.75) is 52.0 Å². The number of aryl methyl sites for hydroxylation is 2. The summed E-state index contributed by atoms with van der Waals surface area (Å²) in [6.07, 6.45) is 4.97. The van der Waals surface area contributed by atoms with E-state index in [0.29, 0.717) is 25.5 Å². The fraction of sp³-hybridized carbons (Fsp3) is 0.579. The lowest BCUT2D eigenvalue weighted by molar-refractivity contribution is -0.00444. The Morgan fingerprint density at radius 3 is 2.81 bits per heavy atom. The molecule has 0 aliphatic carbocycles. The lowest BCUT2D eigenvalue weighted by Crippen LogP contribution is -2.49. The number of hydrogen-bond acceptors (Lipinski definition) is 5. The molecule has 7 heteroatoms. The van der Waals surface area contributed by atoms with Crippen molar-refractivity contribution in [3.63, 3.8) is 0 Å². The Labute approximate surface area is 154 Å². The van der Waals surface area contributed by atoms with E-state index >= 15 is 0 Å². The van der Waals surface area contributed by atoms with Gasteiger partial charge in [-0.15, -0.1) is 0 Å². The van der Waals surface area contributed by atoms with Crippen LogP contribution in [0, 0.1) is 6.92 Å². The molecule has 1 amide bonds. The average molecular weight is 357 g/mol. The molecule has 0 bridgehead atoms. The molecule has 3 rings (SSSR count). The molecular weight excluding hydrogens is 330 g/mol. The van der Waals surface area contributed by atoms with E-state index in [9.17, 15) is 4.79 Å². The topological polar surface area (TPSA) is 84.0 Å². The molecule has 1 atom stereocenters. The predicted molar refractivity (Wildman–Crippen MR) is 98.0 cm³/mol. The maximum absolute atomic E-state index is 13.0. The average Bonchev–Trinajstić information content (AvgIpc) is 3.11. The van der Waals surface area contributed by atoms with Gasteiger partial charge in [0, 0.05) is 30.0 Å². The van der Waals surface area contributed by atoms with Crippen LogP contribution in [0.4, 0.5) is 0 Å². The number of hydrogen-bond donors (Lipinski definition) is 1. The third-order valence-corrected chi connectivity index (χ3v) is 4.79. The summed E-state index contributed by atoms with van der Waals surface area (Å²) < 4.78 is 5.62. The third-order valence-electron chi connectivity index (χ3n) is 4.79. The first-order valence-electron chi connectivity index (χ1n) is 9.07. The molecule has 0 unspecified atom stereocenters. The molecule has 1 aliphatic rings. The van der Waals surface area contributed by atoms with Gasteiger partial charge in [-0.1, -0.05) is 20.8 Å². The highest BCUT2D eigenvalue weighted by molar-refractivity contribution is 5.92. The van der Waals surface area contributed by atoms with Gasteiger partial charge in [0.2, 0.25) is 0 Å². The molecule has 1 N–H and O–H groups in total. The SMILES string of the molecule is Cc1nccnc1CC[C@H]1COCCN1C(=O)c1cc(C(C)(C)C)[nH]n1. The standard InChI is InChI=1S/C19H27N5O2/c1-13-15(21-8-7-20-13)6-5-14-12-26-10-9-24(14)18(25)16-11-17(23-22-16)19(2,3)4/h7-8,11,14H,5-6,9-10,12H2,1-4H3,(H,22,23)/t14-/m0/s1. The highest BCUT2D eigenvalue weighted by Crippen LogP contribution is 2.22.